The lowest BCUT2D eigenvalue weighted by Crippen LogP contribution is -2.39. The summed E-state index contributed by atoms with van der Waals surface area (Å²) in [5.41, 5.74) is 1.46. The monoisotopic (exact) mass is 453 g/mol. The summed E-state index contributed by atoms with van der Waals surface area (Å²) in [5, 5.41) is 11.1. The van der Waals surface area contributed by atoms with Crippen LogP contribution in [0.2, 0.25) is 0 Å². The molecule has 1 aliphatic rings. The Hall–Kier alpha value is -3.04. The van der Waals surface area contributed by atoms with Crippen LogP contribution in [0.15, 0.2) is 59.5 Å². The van der Waals surface area contributed by atoms with Crippen molar-refractivity contribution in [3.05, 3.63) is 60.4 Å². The smallest absolute Gasteiger partial charge is 0.243 e. The van der Waals surface area contributed by atoms with Crippen molar-refractivity contribution in [3.63, 3.8) is 0 Å². The number of anilines is 1. The molecule has 1 saturated heterocycles. The highest BCUT2D eigenvalue weighted by Gasteiger charge is 2.28. The van der Waals surface area contributed by atoms with Gasteiger partial charge in [0.15, 0.2) is 5.82 Å². The molecule has 1 aliphatic heterocycles. The zero-order chi connectivity index (χ0) is 22.7. The van der Waals surface area contributed by atoms with Crippen molar-refractivity contribution in [1.29, 1.82) is 0 Å². The fourth-order valence-corrected chi connectivity index (χ4v) is 5.53. The first-order valence-corrected chi connectivity index (χ1v) is 12.1. The number of hydrogen-bond acceptors (Lipinski definition) is 5. The summed E-state index contributed by atoms with van der Waals surface area (Å²) in [4.78, 5) is 12.8. The Bertz CT molecular complexity index is 1190. The molecule has 1 N–H and O–H groups in total. The van der Waals surface area contributed by atoms with Gasteiger partial charge in [0.05, 0.1) is 11.3 Å². The molecule has 32 heavy (non-hydrogen) atoms. The third-order valence-corrected chi connectivity index (χ3v) is 7.59. The second kappa shape index (κ2) is 9.22. The molecule has 0 radical (unpaired) electrons. The van der Waals surface area contributed by atoms with Crippen molar-refractivity contribution in [2.24, 2.45) is 13.0 Å². The number of nitrogens with one attached hydrogen (secondary N) is 1. The normalized spacial score (nSPS) is 17.2. The predicted molar refractivity (Wildman–Crippen MR) is 122 cm³/mol. The lowest BCUT2D eigenvalue weighted by molar-refractivity contribution is -0.115. The molecule has 0 spiro atoms. The number of carbonyl (C=O) groups excluding carboxylic acids is 1. The fourth-order valence-electron chi connectivity index (χ4n) is 3.93. The maximum atomic E-state index is 12.9. The summed E-state index contributed by atoms with van der Waals surface area (Å²) in [5.74, 6) is 1.34. The Morgan fingerprint density at radius 2 is 1.81 bits per heavy atom. The van der Waals surface area contributed by atoms with Crippen molar-refractivity contribution >= 4 is 21.6 Å². The molecular formula is C23H27N5O3S. The van der Waals surface area contributed by atoms with Crippen molar-refractivity contribution in [2.45, 2.75) is 31.1 Å². The van der Waals surface area contributed by atoms with Gasteiger partial charge in [-0.2, -0.15) is 4.31 Å². The molecule has 9 heteroatoms. The van der Waals surface area contributed by atoms with Crippen LogP contribution in [0.1, 0.15) is 25.6 Å². The molecule has 0 aliphatic carbocycles. The van der Waals surface area contributed by atoms with Crippen LogP contribution in [-0.2, 0) is 28.3 Å². The molecular weight excluding hydrogens is 426 g/mol. The number of sulfonamides is 1. The van der Waals surface area contributed by atoms with E-state index in [1.807, 2.05) is 37.4 Å². The molecule has 1 atom stereocenters. The Morgan fingerprint density at radius 1 is 1.09 bits per heavy atom. The van der Waals surface area contributed by atoms with Crippen molar-refractivity contribution in [2.75, 3.05) is 18.4 Å². The second-order valence-corrected chi connectivity index (χ2v) is 10.2. The maximum Gasteiger partial charge on any atom is 0.243 e. The van der Waals surface area contributed by atoms with Gasteiger partial charge in [-0.1, -0.05) is 37.3 Å². The molecule has 1 unspecified atom stereocenters. The number of hydrogen-bond donors (Lipinski definition) is 1. The number of benzene rings is 2. The molecule has 8 nitrogen and oxygen atoms in total. The highest BCUT2D eigenvalue weighted by molar-refractivity contribution is 7.89. The molecule has 1 amide bonds. The Kier molecular flexibility index (Phi) is 6.38. The number of piperidine rings is 1. The first kappa shape index (κ1) is 22.2. The standard InChI is InChI=1S/C23H27N5O3S/c1-17-7-6-14-28(16-17)32(30,31)20-12-10-19(11-13-20)24-22(29)15-21-25-26-23(27(21)2)18-8-4-3-5-9-18/h3-5,8-13,17H,6-7,14-16H2,1-2H3,(H,24,29). The van der Waals surface area contributed by atoms with Gasteiger partial charge in [-0.05, 0) is 43.0 Å². The van der Waals surface area contributed by atoms with E-state index < -0.39 is 10.0 Å². The van der Waals surface area contributed by atoms with Crippen LogP contribution in [0.4, 0.5) is 5.69 Å². The molecule has 2 aromatic carbocycles. The molecule has 0 saturated carbocycles. The van der Waals surface area contributed by atoms with Gasteiger partial charge < -0.3 is 9.88 Å². The summed E-state index contributed by atoms with van der Waals surface area (Å²) in [6.45, 7) is 3.16. The Balaban J connectivity index is 1.41. The first-order valence-electron chi connectivity index (χ1n) is 10.7. The minimum atomic E-state index is -3.52. The number of aromatic nitrogens is 3. The van der Waals surface area contributed by atoms with Crippen LogP contribution in [0.3, 0.4) is 0 Å². The van der Waals surface area contributed by atoms with Gasteiger partial charge in [0.25, 0.3) is 0 Å². The number of carbonyl (C=O) groups is 1. The maximum absolute atomic E-state index is 12.9. The van der Waals surface area contributed by atoms with Crippen LogP contribution in [0.5, 0.6) is 0 Å². The topological polar surface area (TPSA) is 97.2 Å². The largest absolute Gasteiger partial charge is 0.326 e. The van der Waals surface area contributed by atoms with Crippen LogP contribution in [0.25, 0.3) is 11.4 Å². The Labute approximate surface area is 188 Å². The van der Waals surface area contributed by atoms with Gasteiger partial charge in [-0.3, -0.25) is 4.79 Å². The van der Waals surface area contributed by atoms with Crippen molar-refractivity contribution in [3.8, 4) is 11.4 Å². The number of nitrogens with zero attached hydrogens (tertiary/aromatic N) is 4. The van der Waals surface area contributed by atoms with E-state index >= 15 is 0 Å². The molecule has 2 heterocycles. The number of amides is 1. The molecule has 1 aromatic heterocycles. The number of rotatable bonds is 6. The summed E-state index contributed by atoms with van der Waals surface area (Å²) in [6, 6.07) is 16.0. The van der Waals surface area contributed by atoms with Gasteiger partial charge >= 0.3 is 0 Å². The molecule has 4 rings (SSSR count). The van der Waals surface area contributed by atoms with Gasteiger partial charge in [0.2, 0.25) is 15.9 Å². The van der Waals surface area contributed by atoms with Crippen LogP contribution < -0.4 is 5.32 Å². The summed E-state index contributed by atoms with van der Waals surface area (Å²) in [7, 11) is -1.69. The molecule has 0 bridgehead atoms. The SMILES string of the molecule is CC1CCCN(S(=O)(=O)c2ccc(NC(=O)Cc3nnc(-c4ccccc4)n3C)cc2)C1. The van der Waals surface area contributed by atoms with E-state index in [0.29, 0.717) is 36.3 Å². The van der Waals surface area contributed by atoms with Crippen LogP contribution >= 0.6 is 0 Å². The second-order valence-electron chi connectivity index (χ2n) is 8.22. The van der Waals surface area contributed by atoms with Gasteiger partial charge in [-0.25, -0.2) is 8.42 Å². The zero-order valence-corrected chi connectivity index (χ0v) is 19.0. The average molecular weight is 454 g/mol. The Morgan fingerprint density at radius 3 is 2.50 bits per heavy atom. The van der Waals surface area contributed by atoms with E-state index in [0.717, 1.165) is 18.4 Å². The predicted octanol–water partition coefficient (Wildman–Crippen LogP) is 3.08. The third-order valence-electron chi connectivity index (χ3n) is 5.71. The minimum Gasteiger partial charge on any atom is -0.326 e. The van der Waals surface area contributed by atoms with Crippen LogP contribution in [0, 0.1) is 5.92 Å². The van der Waals surface area contributed by atoms with E-state index in [1.54, 1.807) is 33.1 Å². The van der Waals surface area contributed by atoms with Crippen molar-refractivity contribution in [1.82, 2.24) is 19.1 Å². The van der Waals surface area contributed by atoms with Gasteiger partial charge in [-0.15, -0.1) is 10.2 Å². The van der Waals surface area contributed by atoms with Gasteiger partial charge in [0.1, 0.15) is 5.82 Å². The highest BCUT2D eigenvalue weighted by atomic mass is 32.2. The zero-order valence-electron chi connectivity index (χ0n) is 18.2. The lowest BCUT2D eigenvalue weighted by atomic mass is 10.0. The van der Waals surface area contributed by atoms with E-state index in [-0.39, 0.29) is 17.2 Å². The molecule has 168 valence electrons. The summed E-state index contributed by atoms with van der Waals surface area (Å²) >= 11 is 0. The third kappa shape index (κ3) is 4.73. The minimum absolute atomic E-state index is 0.0576. The fraction of sp³-hybridized carbons (Fsp3) is 0.348. The highest BCUT2D eigenvalue weighted by Crippen LogP contribution is 2.24. The summed E-state index contributed by atoms with van der Waals surface area (Å²) < 4.78 is 29.1. The van der Waals surface area contributed by atoms with E-state index in [1.165, 1.54) is 0 Å². The van der Waals surface area contributed by atoms with E-state index in [4.69, 9.17) is 0 Å². The first-order chi connectivity index (χ1) is 15.3. The quantitative estimate of drug-likeness (QED) is 0.619. The molecule has 1 fully saturated rings. The van der Waals surface area contributed by atoms with E-state index in [9.17, 15) is 13.2 Å². The average Bonchev–Trinajstić information content (AvgIpc) is 3.14. The lowest BCUT2D eigenvalue weighted by Gasteiger charge is -2.30. The van der Waals surface area contributed by atoms with E-state index in [2.05, 4.69) is 22.4 Å². The van der Waals surface area contributed by atoms with Crippen LogP contribution in [-0.4, -0.2) is 46.5 Å². The molecule has 3 aromatic rings. The van der Waals surface area contributed by atoms with Crippen molar-refractivity contribution < 1.29 is 13.2 Å². The van der Waals surface area contributed by atoms with Gasteiger partial charge in [0, 0.05) is 31.4 Å². The summed E-state index contributed by atoms with van der Waals surface area (Å²) in [6.07, 6.45) is 1.99.